The molecule has 0 spiro atoms. The highest BCUT2D eigenvalue weighted by Crippen LogP contribution is 2.47. The van der Waals surface area contributed by atoms with Crippen molar-refractivity contribution in [3.8, 4) is 5.75 Å². The maximum absolute atomic E-state index is 10.0. The van der Waals surface area contributed by atoms with Gasteiger partial charge in [0, 0.05) is 49.4 Å². The number of fused-ring (bicyclic) bond motifs is 2. The summed E-state index contributed by atoms with van der Waals surface area (Å²) in [5.74, 6) is 1.68. The lowest BCUT2D eigenvalue weighted by molar-refractivity contribution is -0.00874. The Hall–Kier alpha value is -1.85. The molecule has 0 amide bonds. The van der Waals surface area contributed by atoms with Crippen LogP contribution < -0.4 is 0 Å². The van der Waals surface area contributed by atoms with Crippen LogP contribution >= 0.6 is 0 Å². The summed E-state index contributed by atoms with van der Waals surface area (Å²) in [5.41, 5.74) is 3.82. The van der Waals surface area contributed by atoms with Gasteiger partial charge in [-0.05, 0) is 63.4 Å². The van der Waals surface area contributed by atoms with E-state index in [4.69, 9.17) is 0 Å². The van der Waals surface area contributed by atoms with E-state index in [1.165, 1.54) is 37.1 Å². The van der Waals surface area contributed by atoms with Crippen LogP contribution in [0.1, 0.15) is 42.5 Å². The second-order valence-electron chi connectivity index (χ2n) is 8.58. The molecule has 3 atom stereocenters. The molecule has 4 fully saturated rings. The molecule has 0 radical (unpaired) electrons. The van der Waals surface area contributed by atoms with E-state index < -0.39 is 0 Å². The van der Waals surface area contributed by atoms with Crippen molar-refractivity contribution in [1.82, 2.24) is 19.6 Å². The van der Waals surface area contributed by atoms with Gasteiger partial charge in [-0.1, -0.05) is 12.1 Å². The smallest absolute Gasteiger partial charge is 0.115 e. The largest absolute Gasteiger partial charge is 0.508 e. The van der Waals surface area contributed by atoms with E-state index in [1.807, 2.05) is 12.1 Å². The van der Waals surface area contributed by atoms with Crippen molar-refractivity contribution in [3.63, 3.8) is 0 Å². The number of piperidine rings is 3. The Bertz CT molecular complexity index is 823. The van der Waals surface area contributed by atoms with E-state index in [0.29, 0.717) is 23.8 Å². The average Bonchev–Trinajstić information content (AvgIpc) is 3.25. The van der Waals surface area contributed by atoms with Crippen LogP contribution in [0.25, 0.3) is 0 Å². The van der Waals surface area contributed by atoms with Gasteiger partial charge in [-0.3, -0.25) is 14.5 Å². The number of phenols is 1. The quantitative estimate of drug-likeness (QED) is 0.904. The molecule has 1 aromatic heterocycles. The monoisotopic (exact) mass is 366 g/mol. The molecule has 0 saturated carbocycles. The summed E-state index contributed by atoms with van der Waals surface area (Å²) in [6.07, 6.45) is 4.89. The maximum Gasteiger partial charge on any atom is 0.115 e. The van der Waals surface area contributed by atoms with Gasteiger partial charge in [-0.25, -0.2) is 0 Å². The lowest BCUT2D eigenvalue weighted by Crippen LogP contribution is -2.59. The zero-order chi connectivity index (χ0) is 18.5. The van der Waals surface area contributed by atoms with Crippen molar-refractivity contribution >= 4 is 0 Å². The molecule has 5 heteroatoms. The van der Waals surface area contributed by atoms with Crippen molar-refractivity contribution in [1.29, 1.82) is 0 Å². The first-order valence-corrected chi connectivity index (χ1v) is 10.4. The molecule has 144 valence electrons. The minimum Gasteiger partial charge on any atom is -0.508 e. The van der Waals surface area contributed by atoms with Crippen LogP contribution in [-0.4, -0.2) is 56.4 Å². The van der Waals surface area contributed by atoms with Gasteiger partial charge >= 0.3 is 0 Å². The Morgan fingerprint density at radius 1 is 1.19 bits per heavy atom. The number of aromatic nitrogens is 2. The SMILES string of the molecule is CCn1cc(CN2C[C@H](c3cccc(O)c3)[C@H]3[C@@H]2C2CCN3CC2)c(C)n1. The van der Waals surface area contributed by atoms with Gasteiger partial charge in [0.05, 0.1) is 5.69 Å². The molecule has 4 aliphatic heterocycles. The van der Waals surface area contributed by atoms with Crippen molar-refractivity contribution in [2.45, 2.75) is 57.8 Å². The summed E-state index contributed by atoms with van der Waals surface area (Å²) in [7, 11) is 0. The summed E-state index contributed by atoms with van der Waals surface area (Å²) in [6, 6.07) is 9.17. The Balaban J connectivity index is 1.47. The van der Waals surface area contributed by atoms with E-state index in [2.05, 4.69) is 45.7 Å². The third kappa shape index (κ3) is 2.88. The van der Waals surface area contributed by atoms with E-state index in [-0.39, 0.29) is 0 Å². The number of hydrogen-bond acceptors (Lipinski definition) is 4. The Labute approximate surface area is 161 Å². The van der Waals surface area contributed by atoms with E-state index in [9.17, 15) is 5.11 Å². The Kier molecular flexibility index (Phi) is 4.25. The summed E-state index contributed by atoms with van der Waals surface area (Å²) in [4.78, 5) is 5.45. The second kappa shape index (κ2) is 6.64. The highest BCUT2D eigenvalue weighted by Gasteiger charge is 2.53. The number of phenolic OH excluding ortho intramolecular Hbond substituents is 1. The molecule has 2 aromatic rings. The first-order chi connectivity index (χ1) is 13.1. The molecule has 1 N–H and O–H groups in total. The fraction of sp³-hybridized carbons (Fsp3) is 0.591. The average molecular weight is 367 g/mol. The third-order valence-corrected chi connectivity index (χ3v) is 7.14. The minimum atomic E-state index is 0.388. The van der Waals surface area contributed by atoms with Gasteiger partial charge in [0.25, 0.3) is 0 Å². The molecule has 0 aliphatic carbocycles. The van der Waals surface area contributed by atoms with Crippen LogP contribution in [-0.2, 0) is 13.1 Å². The molecular weight excluding hydrogens is 336 g/mol. The summed E-state index contributed by atoms with van der Waals surface area (Å²) >= 11 is 0. The maximum atomic E-state index is 10.0. The molecule has 5 nitrogen and oxygen atoms in total. The molecule has 6 rings (SSSR count). The normalized spacial score (nSPS) is 32.7. The van der Waals surface area contributed by atoms with Gasteiger partial charge < -0.3 is 5.11 Å². The fourth-order valence-electron chi connectivity index (χ4n) is 5.87. The molecule has 0 unspecified atom stereocenters. The Morgan fingerprint density at radius 2 is 2.00 bits per heavy atom. The van der Waals surface area contributed by atoms with Crippen LogP contribution in [0.4, 0.5) is 0 Å². The van der Waals surface area contributed by atoms with Gasteiger partial charge in [-0.15, -0.1) is 0 Å². The number of nitrogens with zero attached hydrogens (tertiary/aromatic N) is 4. The third-order valence-electron chi connectivity index (χ3n) is 7.14. The molecular formula is C22H30N4O. The zero-order valence-electron chi connectivity index (χ0n) is 16.4. The lowest BCUT2D eigenvalue weighted by atomic mass is 9.75. The molecule has 1 aromatic carbocycles. The number of aryl methyl sites for hydroxylation is 2. The van der Waals surface area contributed by atoms with E-state index >= 15 is 0 Å². The standard InChI is InChI=1S/C22H30N4O/c1-3-26-13-18(15(2)23-26)12-25-14-20(17-5-4-6-19(27)11-17)22-21(25)16-7-9-24(22)10-8-16/h4-6,11,13,16,20-22,27H,3,7-10,12,14H2,1-2H3/t20-,21+,22+/m1/s1. The molecule has 27 heavy (non-hydrogen) atoms. The molecule has 4 saturated heterocycles. The van der Waals surface area contributed by atoms with Crippen molar-refractivity contribution < 1.29 is 5.11 Å². The van der Waals surface area contributed by atoms with Crippen molar-refractivity contribution in [3.05, 3.63) is 47.3 Å². The number of aromatic hydroxyl groups is 1. The Morgan fingerprint density at radius 3 is 2.70 bits per heavy atom. The summed E-state index contributed by atoms with van der Waals surface area (Å²) in [6.45, 7) is 9.75. The highest BCUT2D eigenvalue weighted by atomic mass is 16.3. The van der Waals surface area contributed by atoms with E-state index in [0.717, 1.165) is 31.2 Å². The van der Waals surface area contributed by atoms with E-state index in [1.54, 1.807) is 6.07 Å². The fourth-order valence-corrected chi connectivity index (χ4v) is 5.87. The van der Waals surface area contributed by atoms with Crippen LogP contribution in [0.2, 0.25) is 0 Å². The summed E-state index contributed by atoms with van der Waals surface area (Å²) < 4.78 is 2.06. The van der Waals surface area contributed by atoms with Crippen LogP contribution in [0.15, 0.2) is 30.5 Å². The number of likely N-dealkylation sites (tertiary alicyclic amines) is 1. The first kappa shape index (κ1) is 17.3. The van der Waals surface area contributed by atoms with Crippen molar-refractivity contribution in [2.24, 2.45) is 5.92 Å². The summed E-state index contributed by atoms with van der Waals surface area (Å²) in [5, 5.41) is 14.7. The zero-order valence-corrected chi connectivity index (χ0v) is 16.4. The first-order valence-electron chi connectivity index (χ1n) is 10.4. The predicted octanol–water partition coefficient (Wildman–Crippen LogP) is 2.98. The lowest BCUT2D eigenvalue weighted by Gasteiger charge is -2.51. The predicted molar refractivity (Wildman–Crippen MR) is 106 cm³/mol. The molecule has 5 heterocycles. The van der Waals surface area contributed by atoms with Gasteiger partial charge in [0.1, 0.15) is 5.75 Å². The topological polar surface area (TPSA) is 44.5 Å². The highest BCUT2D eigenvalue weighted by molar-refractivity contribution is 5.33. The second-order valence-corrected chi connectivity index (χ2v) is 8.58. The van der Waals surface area contributed by atoms with Crippen molar-refractivity contribution in [2.75, 3.05) is 19.6 Å². The van der Waals surface area contributed by atoms with Gasteiger partial charge in [-0.2, -0.15) is 5.10 Å². The van der Waals surface area contributed by atoms with Crippen LogP contribution in [0, 0.1) is 12.8 Å². The minimum absolute atomic E-state index is 0.388. The number of benzene rings is 1. The van der Waals surface area contributed by atoms with Gasteiger partial charge in [0.15, 0.2) is 0 Å². The number of hydrogen-bond donors (Lipinski definition) is 1. The van der Waals surface area contributed by atoms with Crippen LogP contribution in [0.3, 0.4) is 0 Å². The van der Waals surface area contributed by atoms with Gasteiger partial charge in [0.2, 0.25) is 0 Å². The number of rotatable bonds is 4. The molecule has 4 aliphatic rings. The van der Waals surface area contributed by atoms with Crippen LogP contribution in [0.5, 0.6) is 5.75 Å². The molecule has 2 bridgehead atoms.